The molecule has 0 fully saturated rings. The second kappa shape index (κ2) is 5.01. The summed E-state index contributed by atoms with van der Waals surface area (Å²) in [7, 11) is 0. The van der Waals surface area contributed by atoms with Crippen LogP contribution in [0.3, 0.4) is 0 Å². The molecular formula is C16H11NO3. The molecule has 4 heteroatoms. The Kier molecular flexibility index (Phi) is 3.05. The average Bonchev–Trinajstić information content (AvgIpc) is 2.81. The Morgan fingerprint density at radius 2 is 1.60 bits per heavy atom. The van der Waals surface area contributed by atoms with Gasteiger partial charge in [-0.05, 0) is 36.4 Å². The van der Waals surface area contributed by atoms with Gasteiger partial charge >= 0.3 is 5.97 Å². The molecule has 20 heavy (non-hydrogen) atoms. The fourth-order valence-electron chi connectivity index (χ4n) is 1.75. The van der Waals surface area contributed by atoms with Crippen molar-refractivity contribution in [1.29, 1.82) is 0 Å². The van der Waals surface area contributed by atoms with E-state index in [4.69, 9.17) is 9.47 Å². The minimum atomic E-state index is -0.510. The van der Waals surface area contributed by atoms with Gasteiger partial charge in [0.2, 0.25) is 5.90 Å². The quantitative estimate of drug-likeness (QED) is 0.632. The van der Waals surface area contributed by atoms with Gasteiger partial charge in [-0.15, -0.1) is 0 Å². The highest BCUT2D eigenvalue weighted by Gasteiger charge is 2.22. The molecular weight excluding hydrogens is 254 g/mol. The predicted molar refractivity (Wildman–Crippen MR) is 74.7 cm³/mol. The van der Waals surface area contributed by atoms with Crippen LogP contribution in [0.4, 0.5) is 0 Å². The number of esters is 1. The van der Waals surface area contributed by atoms with Crippen LogP contribution in [0, 0.1) is 0 Å². The summed E-state index contributed by atoms with van der Waals surface area (Å²) >= 11 is 0. The van der Waals surface area contributed by atoms with Crippen LogP contribution < -0.4 is 4.74 Å². The summed E-state index contributed by atoms with van der Waals surface area (Å²) in [6.07, 6.45) is 0. The summed E-state index contributed by atoms with van der Waals surface area (Å²) in [6.45, 7) is 3.50. The third-order valence-electron chi connectivity index (χ3n) is 2.74. The maximum absolute atomic E-state index is 11.2. The largest absolute Gasteiger partial charge is 0.457 e. The topological polar surface area (TPSA) is 47.9 Å². The van der Waals surface area contributed by atoms with Crippen LogP contribution in [0.5, 0.6) is 11.5 Å². The van der Waals surface area contributed by atoms with Crippen molar-refractivity contribution >= 4 is 11.9 Å². The first-order chi connectivity index (χ1) is 9.72. The van der Waals surface area contributed by atoms with Crippen molar-refractivity contribution in [3.8, 4) is 11.5 Å². The summed E-state index contributed by atoms with van der Waals surface area (Å²) in [5, 5.41) is 0. The molecule has 4 nitrogen and oxygen atoms in total. The molecule has 0 N–H and O–H groups in total. The normalized spacial score (nSPS) is 13.9. The van der Waals surface area contributed by atoms with Gasteiger partial charge in [0.1, 0.15) is 17.2 Å². The van der Waals surface area contributed by atoms with Gasteiger partial charge < -0.3 is 9.47 Å². The zero-order valence-corrected chi connectivity index (χ0v) is 10.6. The molecule has 0 atom stereocenters. The highest BCUT2D eigenvalue weighted by Crippen LogP contribution is 2.22. The number of rotatable bonds is 3. The molecule has 0 radical (unpaired) electrons. The van der Waals surface area contributed by atoms with Crippen LogP contribution in [-0.2, 0) is 9.53 Å². The van der Waals surface area contributed by atoms with Crippen molar-refractivity contribution in [2.75, 3.05) is 0 Å². The van der Waals surface area contributed by atoms with E-state index in [9.17, 15) is 4.79 Å². The van der Waals surface area contributed by atoms with Gasteiger partial charge in [-0.3, -0.25) is 0 Å². The number of carbonyl (C=O) groups is 1. The fraction of sp³-hybridized carbons (Fsp3) is 0. The molecule has 0 saturated heterocycles. The molecule has 0 bridgehead atoms. The standard InChI is InChI=1S/C16H11NO3/c1-11-16(18)20-15(17-11)12-7-9-14(10-8-12)19-13-5-3-2-4-6-13/h2-10H,1H2. The number of carbonyl (C=O) groups excluding carboxylic acids is 1. The summed E-state index contributed by atoms with van der Waals surface area (Å²) in [5.74, 6) is 1.22. The average molecular weight is 265 g/mol. The van der Waals surface area contributed by atoms with Gasteiger partial charge in [0, 0.05) is 5.56 Å². The first kappa shape index (κ1) is 12.2. The Morgan fingerprint density at radius 3 is 2.20 bits per heavy atom. The van der Waals surface area contributed by atoms with Crippen molar-refractivity contribution < 1.29 is 14.3 Å². The lowest BCUT2D eigenvalue weighted by molar-refractivity contribution is -0.129. The Hall–Kier alpha value is -2.88. The van der Waals surface area contributed by atoms with E-state index in [1.807, 2.05) is 30.3 Å². The zero-order chi connectivity index (χ0) is 13.9. The van der Waals surface area contributed by atoms with Gasteiger partial charge in [-0.2, -0.15) is 0 Å². The fourth-order valence-corrected chi connectivity index (χ4v) is 1.75. The van der Waals surface area contributed by atoms with Crippen LogP contribution in [-0.4, -0.2) is 11.9 Å². The van der Waals surface area contributed by atoms with Gasteiger partial charge in [0.15, 0.2) is 0 Å². The first-order valence-electron chi connectivity index (χ1n) is 6.05. The highest BCUT2D eigenvalue weighted by molar-refractivity contribution is 6.10. The summed E-state index contributed by atoms with van der Waals surface area (Å²) in [6, 6.07) is 16.6. The first-order valence-corrected chi connectivity index (χ1v) is 6.05. The molecule has 98 valence electrons. The molecule has 0 amide bonds. The lowest BCUT2D eigenvalue weighted by Gasteiger charge is -2.06. The maximum Gasteiger partial charge on any atom is 0.363 e. The molecule has 2 aromatic rings. The second-order valence-corrected chi connectivity index (χ2v) is 4.19. The number of hydrogen-bond donors (Lipinski definition) is 0. The van der Waals surface area contributed by atoms with Crippen LogP contribution >= 0.6 is 0 Å². The van der Waals surface area contributed by atoms with Crippen LogP contribution in [0.1, 0.15) is 5.56 Å². The molecule has 1 aliphatic rings. The number of cyclic esters (lactones) is 1. The SMILES string of the molecule is C=C1N=C(c2ccc(Oc3ccccc3)cc2)OC1=O. The van der Waals surface area contributed by atoms with Gasteiger partial charge in [-0.1, -0.05) is 24.8 Å². The summed E-state index contributed by atoms with van der Waals surface area (Å²) in [5.41, 5.74) is 0.821. The molecule has 3 rings (SSSR count). The maximum atomic E-state index is 11.2. The molecule has 0 aromatic heterocycles. The van der Waals surface area contributed by atoms with E-state index >= 15 is 0 Å². The van der Waals surface area contributed by atoms with E-state index in [1.54, 1.807) is 24.3 Å². The Morgan fingerprint density at radius 1 is 0.950 bits per heavy atom. The minimum Gasteiger partial charge on any atom is -0.457 e. The predicted octanol–water partition coefficient (Wildman–Crippen LogP) is 3.30. The van der Waals surface area contributed by atoms with Crippen molar-refractivity contribution in [2.45, 2.75) is 0 Å². The number of benzene rings is 2. The second-order valence-electron chi connectivity index (χ2n) is 4.19. The van der Waals surface area contributed by atoms with E-state index in [1.165, 1.54) is 0 Å². The minimum absolute atomic E-state index is 0.115. The highest BCUT2D eigenvalue weighted by atomic mass is 16.6. The zero-order valence-electron chi connectivity index (χ0n) is 10.6. The Balaban J connectivity index is 1.77. The van der Waals surface area contributed by atoms with E-state index in [-0.39, 0.29) is 11.6 Å². The van der Waals surface area contributed by atoms with Crippen LogP contribution in [0.25, 0.3) is 0 Å². The molecule has 0 aliphatic carbocycles. The number of ether oxygens (including phenoxy) is 2. The summed E-state index contributed by atoms with van der Waals surface area (Å²) in [4.78, 5) is 15.2. The molecule has 0 saturated carbocycles. The van der Waals surface area contributed by atoms with Crippen molar-refractivity contribution in [1.82, 2.24) is 0 Å². The molecule has 1 aliphatic heterocycles. The number of nitrogens with zero attached hydrogens (tertiary/aromatic N) is 1. The molecule has 1 heterocycles. The molecule has 0 spiro atoms. The third kappa shape index (κ3) is 2.44. The summed E-state index contributed by atoms with van der Waals surface area (Å²) < 4.78 is 10.7. The Bertz CT molecular complexity index is 687. The van der Waals surface area contributed by atoms with Crippen molar-refractivity contribution in [2.24, 2.45) is 4.99 Å². The van der Waals surface area contributed by atoms with E-state index in [0.717, 1.165) is 5.75 Å². The van der Waals surface area contributed by atoms with E-state index < -0.39 is 5.97 Å². The van der Waals surface area contributed by atoms with Crippen molar-refractivity contribution in [3.63, 3.8) is 0 Å². The number of aliphatic imine (C=N–C) groups is 1. The monoisotopic (exact) mass is 265 g/mol. The van der Waals surface area contributed by atoms with Crippen LogP contribution in [0.2, 0.25) is 0 Å². The van der Waals surface area contributed by atoms with Gasteiger partial charge in [0.25, 0.3) is 0 Å². The van der Waals surface area contributed by atoms with Gasteiger partial charge in [0.05, 0.1) is 0 Å². The van der Waals surface area contributed by atoms with Crippen LogP contribution in [0.15, 0.2) is 71.9 Å². The van der Waals surface area contributed by atoms with Gasteiger partial charge in [-0.25, -0.2) is 9.79 Å². The molecule has 2 aromatic carbocycles. The number of para-hydroxylation sites is 1. The smallest absolute Gasteiger partial charge is 0.363 e. The van der Waals surface area contributed by atoms with Crippen molar-refractivity contribution in [3.05, 3.63) is 72.4 Å². The third-order valence-corrected chi connectivity index (χ3v) is 2.74. The number of hydrogen-bond acceptors (Lipinski definition) is 4. The lowest BCUT2D eigenvalue weighted by Crippen LogP contribution is -2.04. The lowest BCUT2D eigenvalue weighted by atomic mass is 10.2. The Labute approximate surface area is 116 Å². The molecule has 0 unspecified atom stereocenters. The van der Waals surface area contributed by atoms with E-state index in [0.29, 0.717) is 11.3 Å². The van der Waals surface area contributed by atoms with E-state index in [2.05, 4.69) is 11.6 Å².